The van der Waals surface area contributed by atoms with E-state index in [4.69, 9.17) is 34.7 Å². The number of benzene rings is 4. The van der Waals surface area contributed by atoms with E-state index in [1.165, 1.54) is 38.5 Å². The van der Waals surface area contributed by atoms with Gasteiger partial charge in [-0.25, -0.2) is 9.97 Å². The molecule has 6 aromatic heterocycles. The number of nitrogens with one attached hydrogen (secondary N) is 2. The van der Waals surface area contributed by atoms with Gasteiger partial charge in [0.2, 0.25) is 11.9 Å². The molecule has 0 spiro atoms. The smallest absolute Gasteiger partial charge is 0.264 e. The van der Waals surface area contributed by atoms with Crippen molar-refractivity contribution in [1.29, 1.82) is 0 Å². The minimum atomic E-state index is -2.01. The van der Waals surface area contributed by atoms with Crippen LogP contribution in [0.5, 0.6) is 0 Å². The first-order valence-electron chi connectivity index (χ1n) is 27.1. The molecule has 0 unspecified atom stereocenters. The minimum absolute atomic E-state index is 0.161. The fourth-order valence-corrected chi connectivity index (χ4v) is 31.4. The van der Waals surface area contributed by atoms with Crippen LogP contribution in [-0.4, -0.2) is 47.4 Å². The SMILES string of the molecule is CCC[CH2][Sn]([CH2]CCC)([CH2]CCC)[c]1cccs1.C[C@H](Nc1nc(N)ncc1-c1cccs1)c1cc2cccc(Cl)c2c(=O)n1-c1ccccc1.C[C@H](Nc1nc(N)ncc1Br)c1cc2cccc(Cl)c2c(=O)n1-c1ccccc1. The van der Waals surface area contributed by atoms with Gasteiger partial charge in [-0.15, -0.1) is 11.3 Å². The van der Waals surface area contributed by atoms with E-state index >= 15 is 0 Å². The van der Waals surface area contributed by atoms with E-state index in [0.717, 1.165) is 44.0 Å². The molecule has 2 atom stereocenters. The standard InChI is InChI=1S/C25H20ClN5OS.C21H17BrClN5O.C4H3S.3C4H9.Sn/c1-15(29-23-18(14-28-25(27)30-23)21-11-6-12-33-21)20-13-16-7-5-10-19(26)22(16)24(32)31(20)17-8-3-2-4-9-17;1-12(26-19-15(22)11-25-21(24)27-19)17-10-13-6-5-9-16(23)18(13)20(29)28(17)14-7-3-2-4-8-14;1-2-4-5-3-1;3*1-3-4-2;/h2-15H,1H3,(H3,27,28,29,30);2-12H,1H3,(H3,24,25,26,27);1-3H;3*1,3-4H2,2H3;/t15-;12-;;;;;/m00...../s1. The van der Waals surface area contributed by atoms with Crippen molar-refractivity contribution in [3.05, 3.63) is 203 Å². The fourth-order valence-electron chi connectivity index (χ4n) is 10.0. The Morgan fingerprint density at radius 1 is 0.588 bits per heavy atom. The Balaban J connectivity index is 0.000000165. The third-order valence-corrected chi connectivity index (χ3v) is 35.5. The van der Waals surface area contributed by atoms with Crippen LogP contribution in [0.1, 0.15) is 96.6 Å². The van der Waals surface area contributed by atoms with Crippen LogP contribution in [0.2, 0.25) is 23.4 Å². The summed E-state index contributed by atoms with van der Waals surface area (Å²) < 4.78 is 10.7. The van der Waals surface area contributed by atoms with E-state index in [9.17, 15) is 9.59 Å². The number of nitrogens with zero attached hydrogens (tertiary/aromatic N) is 6. The van der Waals surface area contributed by atoms with Crippen LogP contribution in [0.3, 0.4) is 0 Å². The molecule has 10 aromatic rings. The summed E-state index contributed by atoms with van der Waals surface area (Å²) in [6, 6.07) is 42.1. The van der Waals surface area contributed by atoms with Crippen molar-refractivity contribution >= 4 is 128 Å². The summed E-state index contributed by atoms with van der Waals surface area (Å²) in [5.41, 5.74) is 15.2. The van der Waals surface area contributed by atoms with Crippen LogP contribution in [0.25, 0.3) is 43.4 Å². The molecule has 4 aromatic carbocycles. The number of unbranched alkanes of at least 4 members (excludes halogenated alkanes) is 3. The van der Waals surface area contributed by atoms with E-state index in [1.807, 2.05) is 131 Å². The number of fused-ring (bicyclic) bond motifs is 2. The maximum atomic E-state index is 13.6. The van der Waals surface area contributed by atoms with Gasteiger partial charge in [-0.1, -0.05) is 89.9 Å². The van der Waals surface area contributed by atoms with Gasteiger partial charge in [0.1, 0.15) is 11.6 Å². The van der Waals surface area contributed by atoms with Gasteiger partial charge in [-0.05, 0) is 101 Å². The zero-order chi connectivity index (χ0) is 56.8. The summed E-state index contributed by atoms with van der Waals surface area (Å²) in [4.78, 5) is 44.9. The molecule has 0 radical (unpaired) electrons. The molecule has 414 valence electrons. The molecule has 0 amide bonds. The van der Waals surface area contributed by atoms with Crippen molar-refractivity contribution < 1.29 is 0 Å². The molecule has 0 aliphatic carbocycles. The quantitative estimate of drug-likeness (QED) is 0.0571. The molecule has 0 aliphatic heterocycles. The molecule has 0 aliphatic rings. The minimum Gasteiger partial charge on any atom is -0.368 e. The number of thiophene rings is 2. The Hall–Kier alpha value is -6.08. The molecule has 10 rings (SSSR count). The molecular weight excluding hydrogens is 1250 g/mol. The van der Waals surface area contributed by atoms with E-state index in [-0.39, 0.29) is 35.1 Å². The van der Waals surface area contributed by atoms with Crippen molar-refractivity contribution in [1.82, 2.24) is 29.1 Å². The van der Waals surface area contributed by atoms with Crippen molar-refractivity contribution in [3.63, 3.8) is 0 Å². The fraction of sp³-hybridized carbons (Fsp3) is 0.258. The first-order chi connectivity index (χ1) is 38.8. The topological polar surface area (TPSA) is 172 Å². The second-order valence-corrected chi connectivity index (χ2v) is 37.4. The second-order valence-electron chi connectivity index (χ2n) is 19.7. The number of anilines is 4. The summed E-state index contributed by atoms with van der Waals surface area (Å²) in [5.74, 6) is 1.49. The molecule has 6 N–H and O–H groups in total. The van der Waals surface area contributed by atoms with E-state index in [0.29, 0.717) is 36.9 Å². The number of pyridine rings is 2. The Kier molecular flexibility index (Phi) is 21.4. The van der Waals surface area contributed by atoms with E-state index < -0.39 is 18.4 Å². The van der Waals surface area contributed by atoms with Gasteiger partial charge in [0, 0.05) is 40.0 Å². The number of nitrogens with two attached hydrogens (primary N) is 2. The Morgan fingerprint density at radius 3 is 1.51 bits per heavy atom. The number of halogens is 3. The third kappa shape index (κ3) is 14.3. The molecule has 0 saturated carbocycles. The molecule has 6 heterocycles. The largest absolute Gasteiger partial charge is 0.368 e. The van der Waals surface area contributed by atoms with Gasteiger partial charge in [-0.2, -0.15) is 9.97 Å². The van der Waals surface area contributed by atoms with E-state index in [2.05, 4.69) is 96.1 Å². The Bertz CT molecular complexity index is 3740. The summed E-state index contributed by atoms with van der Waals surface area (Å²) >= 11 is 17.9. The number of nitrogen functional groups attached to an aromatic ring is 2. The predicted octanol–water partition coefficient (Wildman–Crippen LogP) is 16.7. The van der Waals surface area contributed by atoms with Crippen LogP contribution >= 0.6 is 61.8 Å². The van der Waals surface area contributed by atoms with Gasteiger partial charge < -0.3 is 22.1 Å². The van der Waals surface area contributed by atoms with Gasteiger partial charge in [0.25, 0.3) is 11.1 Å². The van der Waals surface area contributed by atoms with Gasteiger partial charge in [-0.3, -0.25) is 18.7 Å². The van der Waals surface area contributed by atoms with Gasteiger partial charge in [0.15, 0.2) is 0 Å². The van der Waals surface area contributed by atoms with Crippen molar-refractivity contribution in [3.8, 4) is 21.8 Å². The first-order valence-corrected chi connectivity index (χ1v) is 37.9. The maximum Gasteiger partial charge on any atom is 0.264 e. The number of hydrogen-bond donors (Lipinski definition) is 4. The van der Waals surface area contributed by atoms with Crippen LogP contribution in [0.4, 0.5) is 23.5 Å². The molecule has 0 fully saturated rings. The van der Waals surface area contributed by atoms with Crippen LogP contribution < -0.4 is 36.1 Å². The van der Waals surface area contributed by atoms with Crippen LogP contribution in [-0.2, 0) is 0 Å². The number of hydrogen-bond acceptors (Lipinski definition) is 12. The summed E-state index contributed by atoms with van der Waals surface area (Å²) in [5, 5.41) is 14.5. The third-order valence-electron chi connectivity index (χ3n) is 14.1. The summed E-state index contributed by atoms with van der Waals surface area (Å²) in [7, 11) is 0. The maximum absolute atomic E-state index is 13.6. The molecule has 0 saturated heterocycles. The van der Waals surface area contributed by atoms with Crippen LogP contribution in [0, 0.1) is 0 Å². The van der Waals surface area contributed by atoms with Crippen molar-refractivity contribution in [2.45, 2.75) is 98.5 Å². The zero-order valence-corrected chi connectivity index (χ0v) is 53.2. The molecule has 12 nitrogen and oxygen atoms in total. The molecule has 80 heavy (non-hydrogen) atoms. The monoisotopic (exact) mass is 1320 g/mol. The zero-order valence-electron chi connectivity index (χ0n) is 45.6. The van der Waals surface area contributed by atoms with E-state index in [1.54, 1.807) is 58.3 Å². The van der Waals surface area contributed by atoms with Crippen molar-refractivity contribution in [2.24, 2.45) is 0 Å². The average molecular weight is 1320 g/mol. The summed E-state index contributed by atoms with van der Waals surface area (Å²) in [6.07, 6.45) is 11.9. The number of aromatic nitrogens is 6. The van der Waals surface area contributed by atoms with Crippen molar-refractivity contribution in [2.75, 3.05) is 22.1 Å². The number of para-hydroxylation sites is 2. The second kappa shape index (κ2) is 28.6. The Morgan fingerprint density at radius 2 is 1.05 bits per heavy atom. The molecular formula is C62H67BrCl2N10O2S2Sn. The normalized spacial score (nSPS) is 12.1. The van der Waals surface area contributed by atoms with Gasteiger partial charge in [0.05, 0.1) is 42.9 Å². The predicted molar refractivity (Wildman–Crippen MR) is 346 cm³/mol. The first kappa shape index (κ1) is 60.0. The van der Waals surface area contributed by atoms with Gasteiger partial charge >= 0.3 is 123 Å². The Labute approximate surface area is 498 Å². The summed E-state index contributed by atoms with van der Waals surface area (Å²) in [6.45, 7) is 11.0. The molecule has 18 heteroatoms. The molecule has 0 bridgehead atoms. The number of rotatable bonds is 19. The average Bonchev–Trinajstić information content (AvgIpc) is 4.22. The van der Waals surface area contributed by atoms with Crippen LogP contribution in [0.15, 0.2) is 171 Å².